The number of rotatable bonds is 13. The van der Waals surface area contributed by atoms with Crippen LogP contribution in [0.3, 0.4) is 0 Å². The second-order valence-corrected chi connectivity index (χ2v) is 6.73. The first-order chi connectivity index (χ1) is 9.83. The zero-order chi connectivity index (χ0) is 16.3. The first-order valence-corrected chi connectivity index (χ1v) is 8.52. The molecule has 0 rings (SSSR count). The number of carboxylic acid groups (broad SMARTS) is 1. The van der Waals surface area contributed by atoms with Crippen LogP contribution in [0.2, 0.25) is 0 Å². The van der Waals surface area contributed by atoms with Gasteiger partial charge in [-0.3, -0.25) is 4.79 Å². The van der Waals surface area contributed by atoms with Crippen molar-refractivity contribution in [3.05, 3.63) is 0 Å². The molecule has 0 saturated carbocycles. The molecule has 2 unspecified atom stereocenters. The molecule has 0 aliphatic rings. The largest absolute Gasteiger partial charge is 0.481 e. The number of quaternary nitrogens is 1. The van der Waals surface area contributed by atoms with Gasteiger partial charge in [-0.2, -0.15) is 0 Å². The highest BCUT2D eigenvalue weighted by molar-refractivity contribution is 5.66. The summed E-state index contributed by atoms with van der Waals surface area (Å²) in [5.74, 6) is -0.734. The molecule has 0 amide bonds. The van der Waals surface area contributed by atoms with Gasteiger partial charge in [-0.15, -0.1) is 0 Å². The number of alkyl halides is 1. The number of hydrogen-bond acceptors (Lipinski definition) is 1. The molecule has 2 atom stereocenters. The van der Waals surface area contributed by atoms with Crippen LogP contribution >= 0.6 is 0 Å². The fourth-order valence-corrected chi connectivity index (χ4v) is 3.00. The number of unbranched alkanes of at least 4 members (excludes halogenated alkanes) is 2. The van der Waals surface area contributed by atoms with Crippen molar-refractivity contribution in [1.29, 1.82) is 0 Å². The van der Waals surface area contributed by atoms with Crippen molar-refractivity contribution in [1.82, 2.24) is 0 Å². The van der Waals surface area contributed by atoms with E-state index < -0.39 is 12.1 Å². The number of halogens is 1. The summed E-state index contributed by atoms with van der Waals surface area (Å²) in [6.07, 6.45) is 6.72. The van der Waals surface area contributed by atoms with Gasteiger partial charge in [0.1, 0.15) is 6.17 Å². The molecule has 0 saturated heterocycles. The Morgan fingerprint density at radius 1 is 1.10 bits per heavy atom. The van der Waals surface area contributed by atoms with Crippen molar-refractivity contribution < 1.29 is 18.8 Å². The van der Waals surface area contributed by atoms with Crippen molar-refractivity contribution in [2.24, 2.45) is 0 Å². The Labute approximate surface area is 130 Å². The number of nitrogens with zero attached hydrogens (tertiary/aromatic N) is 1. The highest BCUT2D eigenvalue weighted by Crippen LogP contribution is 2.21. The molecule has 0 bridgehead atoms. The lowest BCUT2D eigenvalue weighted by Gasteiger charge is -2.38. The summed E-state index contributed by atoms with van der Waals surface area (Å²) >= 11 is 0. The average molecular weight is 304 g/mol. The molecule has 0 fully saturated rings. The van der Waals surface area contributed by atoms with E-state index in [9.17, 15) is 9.18 Å². The van der Waals surface area contributed by atoms with Gasteiger partial charge >= 0.3 is 5.97 Å². The zero-order valence-electron chi connectivity index (χ0n) is 14.4. The lowest BCUT2D eigenvalue weighted by Crippen LogP contribution is -2.49. The SMILES string of the molecule is CCCCCC(F)CCC(CC)[N+](C)(C)CCCC(=O)O. The smallest absolute Gasteiger partial charge is 0.303 e. The summed E-state index contributed by atoms with van der Waals surface area (Å²) in [5, 5.41) is 8.73. The van der Waals surface area contributed by atoms with E-state index in [4.69, 9.17) is 5.11 Å². The minimum atomic E-state index is -0.734. The lowest BCUT2D eigenvalue weighted by molar-refractivity contribution is -0.915. The van der Waals surface area contributed by atoms with Gasteiger partial charge in [0.05, 0.1) is 33.1 Å². The highest BCUT2D eigenvalue weighted by Gasteiger charge is 2.27. The number of carboxylic acids is 1. The van der Waals surface area contributed by atoms with E-state index in [0.717, 1.165) is 43.1 Å². The Kier molecular flexibility index (Phi) is 10.7. The lowest BCUT2D eigenvalue weighted by atomic mass is 10.00. The summed E-state index contributed by atoms with van der Waals surface area (Å²) in [7, 11) is 4.28. The molecular weight excluding hydrogens is 269 g/mol. The zero-order valence-corrected chi connectivity index (χ0v) is 14.4. The number of hydrogen-bond donors (Lipinski definition) is 1. The standard InChI is InChI=1S/C17H34FNO2/c1-5-7-8-10-15(18)12-13-16(6-2)19(3,4)14-9-11-17(20)21/h15-16H,5-14H2,1-4H3/p+1. The quantitative estimate of drug-likeness (QED) is 0.404. The van der Waals surface area contributed by atoms with Gasteiger partial charge in [-0.25, -0.2) is 4.39 Å². The van der Waals surface area contributed by atoms with E-state index in [1.807, 2.05) is 0 Å². The van der Waals surface area contributed by atoms with E-state index in [0.29, 0.717) is 25.3 Å². The van der Waals surface area contributed by atoms with Gasteiger partial charge in [0.15, 0.2) is 0 Å². The molecular formula is C17H35FNO2+. The van der Waals surface area contributed by atoms with E-state index >= 15 is 0 Å². The molecule has 3 nitrogen and oxygen atoms in total. The van der Waals surface area contributed by atoms with Crippen LogP contribution in [0.15, 0.2) is 0 Å². The third-order valence-electron chi connectivity index (χ3n) is 4.52. The van der Waals surface area contributed by atoms with Crippen LogP contribution in [-0.2, 0) is 4.79 Å². The molecule has 0 aromatic rings. The monoisotopic (exact) mass is 304 g/mol. The average Bonchev–Trinajstić information content (AvgIpc) is 2.38. The van der Waals surface area contributed by atoms with Crippen molar-refractivity contribution in [2.75, 3.05) is 20.6 Å². The molecule has 0 aromatic heterocycles. The van der Waals surface area contributed by atoms with Gasteiger partial charge in [0.25, 0.3) is 0 Å². The van der Waals surface area contributed by atoms with Crippen LogP contribution in [0, 0.1) is 0 Å². The van der Waals surface area contributed by atoms with Crippen LogP contribution in [0.25, 0.3) is 0 Å². The molecule has 4 heteroatoms. The minimum Gasteiger partial charge on any atom is -0.481 e. The summed E-state index contributed by atoms with van der Waals surface area (Å²) in [5.41, 5.74) is 0. The molecule has 21 heavy (non-hydrogen) atoms. The Morgan fingerprint density at radius 2 is 1.76 bits per heavy atom. The second kappa shape index (κ2) is 11.0. The fourth-order valence-electron chi connectivity index (χ4n) is 3.00. The predicted molar refractivity (Wildman–Crippen MR) is 86.2 cm³/mol. The van der Waals surface area contributed by atoms with E-state index in [-0.39, 0.29) is 6.42 Å². The van der Waals surface area contributed by atoms with Crippen molar-refractivity contribution in [3.63, 3.8) is 0 Å². The van der Waals surface area contributed by atoms with Crippen molar-refractivity contribution >= 4 is 5.97 Å². The number of aliphatic carboxylic acids is 1. The van der Waals surface area contributed by atoms with Gasteiger partial charge in [0, 0.05) is 12.8 Å². The summed E-state index contributed by atoms with van der Waals surface area (Å²) in [4.78, 5) is 10.6. The number of carbonyl (C=O) groups is 1. The van der Waals surface area contributed by atoms with Crippen LogP contribution in [0.5, 0.6) is 0 Å². The van der Waals surface area contributed by atoms with Crippen LogP contribution in [0.4, 0.5) is 4.39 Å². The van der Waals surface area contributed by atoms with Crippen LogP contribution < -0.4 is 0 Å². The Bertz CT molecular complexity index is 282. The molecule has 0 aliphatic heterocycles. The third kappa shape index (κ3) is 9.83. The summed E-state index contributed by atoms with van der Waals surface area (Å²) in [6, 6.07) is 0.420. The van der Waals surface area contributed by atoms with Crippen LogP contribution in [-0.4, -0.2) is 48.4 Å². The summed E-state index contributed by atoms with van der Waals surface area (Å²) < 4.78 is 14.7. The second-order valence-electron chi connectivity index (χ2n) is 6.73. The van der Waals surface area contributed by atoms with Crippen molar-refractivity contribution in [2.45, 2.75) is 83.8 Å². The van der Waals surface area contributed by atoms with E-state index in [2.05, 4.69) is 27.9 Å². The molecule has 0 aromatic carbocycles. The maximum Gasteiger partial charge on any atom is 0.303 e. The van der Waals surface area contributed by atoms with Gasteiger partial charge < -0.3 is 9.59 Å². The molecule has 0 aliphatic carbocycles. The van der Waals surface area contributed by atoms with Crippen molar-refractivity contribution in [3.8, 4) is 0 Å². The first kappa shape index (κ1) is 20.4. The maximum absolute atomic E-state index is 13.9. The normalized spacial score (nSPS) is 14.9. The summed E-state index contributed by atoms with van der Waals surface area (Å²) in [6.45, 7) is 5.13. The van der Waals surface area contributed by atoms with Gasteiger partial charge in [-0.1, -0.05) is 33.1 Å². The minimum absolute atomic E-state index is 0.223. The van der Waals surface area contributed by atoms with Crippen LogP contribution in [0.1, 0.15) is 71.6 Å². The van der Waals surface area contributed by atoms with Gasteiger partial charge in [0.2, 0.25) is 0 Å². The van der Waals surface area contributed by atoms with Gasteiger partial charge in [-0.05, 0) is 19.3 Å². The van der Waals surface area contributed by atoms with E-state index in [1.54, 1.807) is 0 Å². The Hall–Kier alpha value is -0.640. The molecule has 126 valence electrons. The maximum atomic E-state index is 13.9. The molecule has 0 spiro atoms. The Morgan fingerprint density at radius 3 is 2.29 bits per heavy atom. The molecule has 0 heterocycles. The topological polar surface area (TPSA) is 37.3 Å². The highest BCUT2D eigenvalue weighted by atomic mass is 19.1. The Balaban J connectivity index is 4.13. The third-order valence-corrected chi connectivity index (χ3v) is 4.52. The first-order valence-electron chi connectivity index (χ1n) is 8.52. The fraction of sp³-hybridized carbons (Fsp3) is 0.941. The molecule has 0 radical (unpaired) electrons. The molecule has 1 N–H and O–H groups in total. The predicted octanol–water partition coefficient (Wildman–Crippen LogP) is 4.40. The van der Waals surface area contributed by atoms with E-state index in [1.165, 1.54) is 0 Å².